The Morgan fingerprint density at radius 3 is 2.05 bits per heavy atom. The summed E-state index contributed by atoms with van der Waals surface area (Å²) in [6, 6.07) is 22.4. The highest BCUT2D eigenvalue weighted by Gasteiger charge is 2.61. The van der Waals surface area contributed by atoms with Crippen LogP contribution >= 0.6 is 0 Å². The standard InChI is InChI=1S/C40H58O3Si/c1-28(17-22-37(41)42)34-20-21-35-33-19-18-29-27-30(23-25-39(29,5)36(33)24-26-40(34,35)6)43-44(38(2,3)4,31-13-9-7-10-14-31)32-15-11-8-12-16-32/h7-16,28-30,33-36H,17-27H2,1-6H3,(H,41,42)/t28-,29?,30-,33?,34-,35?,36?,39+,40-/m1/s1. The van der Waals surface area contributed by atoms with E-state index in [9.17, 15) is 9.90 Å². The Kier molecular flexibility index (Phi) is 8.76. The Morgan fingerprint density at radius 1 is 0.864 bits per heavy atom. The Balaban J connectivity index is 1.22. The normalized spacial score (nSPS) is 36.1. The molecule has 4 aliphatic rings. The third kappa shape index (κ3) is 5.34. The van der Waals surface area contributed by atoms with Crippen molar-refractivity contribution in [1.29, 1.82) is 0 Å². The summed E-state index contributed by atoms with van der Waals surface area (Å²) in [5, 5.41) is 12.1. The van der Waals surface area contributed by atoms with Gasteiger partial charge >= 0.3 is 5.97 Å². The molecule has 0 heterocycles. The minimum atomic E-state index is -2.55. The zero-order valence-electron chi connectivity index (χ0n) is 28.4. The third-order valence-electron chi connectivity index (χ3n) is 14.0. The fourth-order valence-electron chi connectivity index (χ4n) is 11.8. The maximum Gasteiger partial charge on any atom is 0.303 e. The van der Waals surface area contributed by atoms with Gasteiger partial charge in [0.25, 0.3) is 8.32 Å². The fourth-order valence-corrected chi connectivity index (χ4v) is 16.5. The molecular formula is C40H58O3Si. The molecule has 44 heavy (non-hydrogen) atoms. The van der Waals surface area contributed by atoms with Crippen LogP contribution in [0.1, 0.15) is 112 Å². The Bertz CT molecular complexity index is 1250. The van der Waals surface area contributed by atoms with Gasteiger partial charge in [0.15, 0.2) is 0 Å². The summed E-state index contributed by atoms with van der Waals surface area (Å²) in [5.74, 6) is 3.81. The summed E-state index contributed by atoms with van der Waals surface area (Å²) in [5.41, 5.74) is 0.814. The summed E-state index contributed by atoms with van der Waals surface area (Å²) < 4.78 is 7.71. The van der Waals surface area contributed by atoms with Crippen LogP contribution in [0.5, 0.6) is 0 Å². The van der Waals surface area contributed by atoms with Crippen molar-refractivity contribution in [3.05, 3.63) is 60.7 Å². The van der Waals surface area contributed by atoms with Crippen molar-refractivity contribution >= 4 is 24.7 Å². The zero-order valence-corrected chi connectivity index (χ0v) is 29.4. The van der Waals surface area contributed by atoms with Crippen LogP contribution in [-0.4, -0.2) is 25.5 Å². The molecule has 2 aromatic carbocycles. The predicted molar refractivity (Wildman–Crippen MR) is 184 cm³/mol. The second-order valence-electron chi connectivity index (χ2n) is 17.0. The summed E-state index contributed by atoms with van der Waals surface area (Å²) in [6.07, 6.45) is 13.3. The van der Waals surface area contributed by atoms with Crippen LogP contribution in [0.3, 0.4) is 0 Å². The van der Waals surface area contributed by atoms with Gasteiger partial charge in [0.05, 0.1) is 0 Å². The van der Waals surface area contributed by atoms with Crippen molar-refractivity contribution in [2.45, 2.75) is 123 Å². The van der Waals surface area contributed by atoms with Crippen LogP contribution in [-0.2, 0) is 9.22 Å². The molecule has 0 saturated heterocycles. The van der Waals surface area contributed by atoms with Crippen molar-refractivity contribution in [2.24, 2.45) is 46.3 Å². The fraction of sp³-hybridized carbons (Fsp3) is 0.675. The summed E-state index contributed by atoms with van der Waals surface area (Å²) in [6.45, 7) is 14.9. The van der Waals surface area contributed by atoms with E-state index in [1.54, 1.807) is 0 Å². The monoisotopic (exact) mass is 614 g/mol. The van der Waals surface area contributed by atoms with Gasteiger partial charge in [-0.2, -0.15) is 0 Å². The quantitative estimate of drug-likeness (QED) is 0.302. The molecule has 4 saturated carbocycles. The molecule has 0 aromatic heterocycles. The number of carboxylic acids is 1. The van der Waals surface area contributed by atoms with Crippen molar-refractivity contribution < 1.29 is 14.3 Å². The van der Waals surface area contributed by atoms with Gasteiger partial charge in [-0.1, -0.05) is 102 Å². The molecule has 240 valence electrons. The molecule has 3 nitrogen and oxygen atoms in total. The Hall–Kier alpha value is -1.91. The van der Waals surface area contributed by atoms with E-state index < -0.39 is 14.3 Å². The van der Waals surface area contributed by atoms with Crippen LogP contribution in [0.15, 0.2) is 60.7 Å². The van der Waals surface area contributed by atoms with Gasteiger partial charge in [-0.15, -0.1) is 0 Å². The Morgan fingerprint density at radius 2 is 1.45 bits per heavy atom. The van der Waals surface area contributed by atoms with Crippen LogP contribution in [0.2, 0.25) is 5.04 Å². The molecule has 6 rings (SSSR count). The van der Waals surface area contributed by atoms with Crippen molar-refractivity contribution in [3.63, 3.8) is 0 Å². The van der Waals surface area contributed by atoms with Gasteiger partial charge in [-0.05, 0) is 126 Å². The highest BCUT2D eigenvalue weighted by molar-refractivity contribution is 6.99. The van der Waals surface area contributed by atoms with Gasteiger partial charge < -0.3 is 9.53 Å². The van der Waals surface area contributed by atoms with Crippen molar-refractivity contribution in [3.8, 4) is 0 Å². The first kappa shape index (κ1) is 32.0. The molecule has 2 aromatic rings. The molecule has 4 unspecified atom stereocenters. The van der Waals surface area contributed by atoms with E-state index in [1.807, 2.05) is 0 Å². The van der Waals surface area contributed by atoms with Crippen LogP contribution in [0, 0.1) is 46.3 Å². The lowest BCUT2D eigenvalue weighted by molar-refractivity contribution is -0.138. The van der Waals surface area contributed by atoms with Crippen LogP contribution < -0.4 is 10.4 Å². The van der Waals surface area contributed by atoms with E-state index in [2.05, 4.69) is 102 Å². The highest BCUT2D eigenvalue weighted by Crippen LogP contribution is 2.68. The van der Waals surface area contributed by atoms with E-state index in [1.165, 1.54) is 68.2 Å². The van der Waals surface area contributed by atoms with Gasteiger partial charge in [0.2, 0.25) is 0 Å². The van der Waals surface area contributed by atoms with Gasteiger partial charge in [0, 0.05) is 12.5 Å². The lowest BCUT2D eigenvalue weighted by Gasteiger charge is -2.62. The van der Waals surface area contributed by atoms with E-state index in [4.69, 9.17) is 4.43 Å². The van der Waals surface area contributed by atoms with E-state index in [-0.39, 0.29) is 5.04 Å². The van der Waals surface area contributed by atoms with Crippen LogP contribution in [0.25, 0.3) is 0 Å². The first-order chi connectivity index (χ1) is 20.9. The first-order valence-corrected chi connectivity index (χ1v) is 19.8. The number of hydrogen-bond donors (Lipinski definition) is 1. The van der Waals surface area contributed by atoms with E-state index in [0.29, 0.717) is 35.2 Å². The average Bonchev–Trinajstić information content (AvgIpc) is 3.36. The van der Waals surface area contributed by atoms with Crippen LogP contribution in [0.4, 0.5) is 0 Å². The maximum absolute atomic E-state index is 11.3. The largest absolute Gasteiger partial charge is 0.481 e. The van der Waals surface area contributed by atoms with Gasteiger partial charge in [0.1, 0.15) is 0 Å². The lowest BCUT2D eigenvalue weighted by Crippen LogP contribution is -2.68. The van der Waals surface area contributed by atoms with Gasteiger partial charge in [-0.3, -0.25) is 4.79 Å². The summed E-state index contributed by atoms with van der Waals surface area (Å²) in [7, 11) is -2.55. The molecule has 0 radical (unpaired) electrons. The number of hydrogen-bond acceptors (Lipinski definition) is 2. The number of carboxylic acid groups (broad SMARTS) is 1. The predicted octanol–water partition coefficient (Wildman–Crippen LogP) is 9.09. The molecule has 0 bridgehead atoms. The average molecular weight is 615 g/mol. The van der Waals surface area contributed by atoms with Gasteiger partial charge in [-0.25, -0.2) is 0 Å². The Labute approximate surface area is 268 Å². The topological polar surface area (TPSA) is 46.5 Å². The minimum Gasteiger partial charge on any atom is -0.481 e. The number of benzene rings is 2. The molecule has 0 spiro atoms. The second-order valence-corrected chi connectivity index (χ2v) is 21.2. The molecular weight excluding hydrogens is 557 g/mol. The molecule has 4 aliphatic carbocycles. The molecule has 0 aliphatic heterocycles. The smallest absolute Gasteiger partial charge is 0.303 e. The summed E-state index contributed by atoms with van der Waals surface area (Å²) in [4.78, 5) is 11.3. The molecule has 0 amide bonds. The molecule has 4 heteroatoms. The lowest BCUT2D eigenvalue weighted by atomic mass is 9.44. The number of carbonyl (C=O) groups is 1. The maximum atomic E-state index is 11.3. The summed E-state index contributed by atoms with van der Waals surface area (Å²) >= 11 is 0. The highest BCUT2D eigenvalue weighted by atomic mass is 28.4. The van der Waals surface area contributed by atoms with Crippen molar-refractivity contribution in [2.75, 3.05) is 0 Å². The third-order valence-corrected chi connectivity index (χ3v) is 19.0. The zero-order chi connectivity index (χ0) is 31.3. The molecule has 1 N–H and O–H groups in total. The van der Waals surface area contributed by atoms with Crippen molar-refractivity contribution in [1.82, 2.24) is 0 Å². The molecule has 4 fully saturated rings. The SMILES string of the molecule is C[C@H](CCC(=O)O)[C@H]1CCC2C3CCC4C[C@H](O[Si](c5ccccc5)(c5ccccc5)C(C)(C)C)CC[C@]4(C)C3CC[C@@]21C. The van der Waals surface area contributed by atoms with E-state index >= 15 is 0 Å². The minimum absolute atomic E-state index is 0.0164. The molecule has 9 atom stereocenters. The number of fused-ring (bicyclic) bond motifs is 5. The number of rotatable bonds is 8. The van der Waals surface area contributed by atoms with E-state index in [0.717, 1.165) is 30.1 Å². The number of aliphatic carboxylic acids is 1. The first-order valence-electron chi connectivity index (χ1n) is 17.9. The second kappa shape index (κ2) is 12.0.